The minimum Gasteiger partial charge on any atom is -0.256 e. The van der Waals surface area contributed by atoms with Crippen molar-refractivity contribution in [1.82, 2.24) is 4.98 Å². The topological polar surface area (TPSA) is 12.9 Å². The fourth-order valence-corrected chi connectivity index (χ4v) is 5.97. The average Bonchev–Trinajstić information content (AvgIpc) is 2.95. The molecule has 0 unspecified atom stereocenters. The molecule has 36 heavy (non-hydrogen) atoms. The smallest absolute Gasteiger partial charge is 0.0708 e. The summed E-state index contributed by atoms with van der Waals surface area (Å²) in [5.74, 6) is 0. The second kappa shape index (κ2) is 7.37. The number of aromatic nitrogens is 1. The van der Waals surface area contributed by atoms with Crippen molar-refractivity contribution in [3.8, 4) is 22.4 Å². The lowest BCUT2D eigenvalue weighted by Gasteiger charge is -2.14. The van der Waals surface area contributed by atoms with Crippen LogP contribution in [0.1, 0.15) is 0 Å². The summed E-state index contributed by atoms with van der Waals surface area (Å²) in [4.78, 5) is 4.99. The molecular weight excluding hydrogens is 434 g/mol. The third kappa shape index (κ3) is 2.74. The van der Waals surface area contributed by atoms with Crippen LogP contribution < -0.4 is 0 Å². The van der Waals surface area contributed by atoms with Crippen LogP contribution in [0.2, 0.25) is 0 Å². The highest BCUT2D eigenvalue weighted by atomic mass is 14.7. The maximum atomic E-state index is 4.99. The molecule has 8 rings (SSSR count). The first-order chi connectivity index (χ1) is 17.8. The highest BCUT2D eigenvalue weighted by Gasteiger charge is 2.13. The quantitative estimate of drug-likeness (QED) is 0.236. The van der Waals surface area contributed by atoms with Gasteiger partial charge in [-0.25, -0.2) is 0 Å². The van der Waals surface area contributed by atoms with Crippen LogP contribution in [0.5, 0.6) is 0 Å². The van der Waals surface area contributed by atoms with Gasteiger partial charge in [-0.3, -0.25) is 4.98 Å². The van der Waals surface area contributed by atoms with Crippen LogP contribution in [-0.4, -0.2) is 4.98 Å². The van der Waals surface area contributed by atoms with Crippen LogP contribution in [0, 0.1) is 0 Å². The van der Waals surface area contributed by atoms with E-state index in [1.165, 1.54) is 65.0 Å². The normalized spacial score (nSPS) is 11.9. The Labute approximate surface area is 208 Å². The molecule has 7 aromatic carbocycles. The monoisotopic (exact) mass is 455 g/mol. The maximum Gasteiger partial charge on any atom is 0.0708 e. The molecule has 0 amide bonds. The number of benzene rings is 7. The molecule has 0 aliphatic rings. The van der Waals surface area contributed by atoms with E-state index in [2.05, 4.69) is 121 Å². The molecule has 1 heteroatoms. The summed E-state index contributed by atoms with van der Waals surface area (Å²) in [6, 6.07) is 43.9. The van der Waals surface area contributed by atoms with Gasteiger partial charge in [0.25, 0.3) is 0 Å². The third-order valence-corrected chi connectivity index (χ3v) is 7.65. The number of hydrogen-bond donors (Lipinski definition) is 0. The lowest BCUT2D eigenvalue weighted by atomic mass is 9.90. The summed E-state index contributed by atoms with van der Waals surface area (Å²) >= 11 is 0. The van der Waals surface area contributed by atoms with E-state index in [9.17, 15) is 0 Å². The van der Waals surface area contributed by atoms with Crippen LogP contribution in [0.4, 0.5) is 0 Å². The van der Waals surface area contributed by atoms with Crippen molar-refractivity contribution < 1.29 is 0 Å². The summed E-state index contributed by atoms with van der Waals surface area (Å²) in [6.07, 6.45) is 2.03. The van der Waals surface area contributed by atoms with Crippen LogP contribution in [0.3, 0.4) is 0 Å². The number of hydrogen-bond acceptors (Lipinski definition) is 1. The second-order valence-corrected chi connectivity index (χ2v) is 9.59. The molecule has 166 valence electrons. The Morgan fingerprint density at radius 3 is 1.86 bits per heavy atom. The largest absolute Gasteiger partial charge is 0.256 e. The minimum absolute atomic E-state index is 0.999. The Morgan fingerprint density at radius 1 is 0.389 bits per heavy atom. The van der Waals surface area contributed by atoms with Crippen LogP contribution in [0.15, 0.2) is 128 Å². The van der Waals surface area contributed by atoms with Gasteiger partial charge in [0, 0.05) is 17.3 Å². The van der Waals surface area contributed by atoms with Crippen molar-refractivity contribution in [2.45, 2.75) is 0 Å². The summed E-state index contributed by atoms with van der Waals surface area (Å²) < 4.78 is 0. The fourth-order valence-electron chi connectivity index (χ4n) is 5.97. The van der Waals surface area contributed by atoms with Gasteiger partial charge < -0.3 is 0 Å². The molecule has 0 atom stereocenters. The molecule has 0 saturated carbocycles. The van der Waals surface area contributed by atoms with Gasteiger partial charge in [0.2, 0.25) is 0 Å². The van der Waals surface area contributed by atoms with Gasteiger partial charge >= 0.3 is 0 Å². The average molecular weight is 456 g/mol. The first-order valence-corrected chi connectivity index (χ1v) is 12.4. The zero-order valence-corrected chi connectivity index (χ0v) is 19.6. The highest BCUT2D eigenvalue weighted by Crippen LogP contribution is 2.40. The van der Waals surface area contributed by atoms with Gasteiger partial charge in [-0.1, -0.05) is 109 Å². The van der Waals surface area contributed by atoms with E-state index in [1.807, 2.05) is 6.20 Å². The Hall–Kier alpha value is -4.75. The maximum absolute atomic E-state index is 4.99. The van der Waals surface area contributed by atoms with Crippen LogP contribution in [-0.2, 0) is 0 Å². The van der Waals surface area contributed by atoms with Crippen molar-refractivity contribution in [2.24, 2.45) is 0 Å². The number of pyridine rings is 1. The lowest BCUT2D eigenvalue weighted by molar-refractivity contribution is 1.34. The Balaban J connectivity index is 1.32. The number of rotatable bonds is 2. The Bertz CT molecular complexity index is 2070. The van der Waals surface area contributed by atoms with Crippen molar-refractivity contribution in [1.29, 1.82) is 0 Å². The predicted octanol–water partition coefficient (Wildman–Crippen LogP) is 9.62. The van der Waals surface area contributed by atoms with E-state index >= 15 is 0 Å². The molecule has 8 aromatic rings. The van der Waals surface area contributed by atoms with E-state index in [1.54, 1.807) is 0 Å². The molecule has 0 aliphatic carbocycles. The predicted molar refractivity (Wildman–Crippen MR) is 154 cm³/mol. The summed E-state index contributed by atoms with van der Waals surface area (Å²) in [7, 11) is 0. The second-order valence-electron chi connectivity index (χ2n) is 9.59. The summed E-state index contributed by atoms with van der Waals surface area (Å²) in [6.45, 7) is 0. The van der Waals surface area contributed by atoms with E-state index in [-0.39, 0.29) is 0 Å². The van der Waals surface area contributed by atoms with E-state index in [4.69, 9.17) is 4.98 Å². The summed E-state index contributed by atoms with van der Waals surface area (Å²) in [5.41, 5.74) is 4.54. The number of nitrogens with zero attached hydrogens (tertiary/aromatic N) is 1. The van der Waals surface area contributed by atoms with Crippen molar-refractivity contribution in [2.75, 3.05) is 0 Å². The molecule has 0 bridgehead atoms. The Kier molecular flexibility index (Phi) is 4.00. The highest BCUT2D eigenvalue weighted by molar-refractivity contribution is 6.25. The Morgan fingerprint density at radius 2 is 1.06 bits per heavy atom. The molecule has 1 heterocycles. The van der Waals surface area contributed by atoms with Crippen molar-refractivity contribution in [3.63, 3.8) is 0 Å². The molecule has 0 aliphatic heterocycles. The lowest BCUT2D eigenvalue weighted by Crippen LogP contribution is -1.90. The van der Waals surface area contributed by atoms with E-state index < -0.39 is 0 Å². The van der Waals surface area contributed by atoms with Gasteiger partial charge in [0.05, 0.1) is 5.69 Å². The molecule has 1 nitrogen and oxygen atoms in total. The zero-order valence-electron chi connectivity index (χ0n) is 19.6. The van der Waals surface area contributed by atoms with Crippen LogP contribution in [0.25, 0.3) is 76.2 Å². The molecule has 1 aromatic heterocycles. The van der Waals surface area contributed by atoms with Crippen LogP contribution >= 0.6 is 0 Å². The van der Waals surface area contributed by atoms with Gasteiger partial charge in [-0.15, -0.1) is 0 Å². The SMILES string of the molecule is c1ccc2c(c1)cc(-c1ccc(-c3ccc4ccc5cccc6ccc3c4c56)cn1)c1ccccc12. The van der Waals surface area contributed by atoms with Gasteiger partial charge in [0.15, 0.2) is 0 Å². The standard InChI is InChI=1S/C35H21N/c1-2-9-27-25(6-1)20-32(30-11-4-3-10-29(27)30)33-19-16-26(21-36-33)28-17-14-24-13-12-22-7-5-8-23-15-18-31(28)35(24)34(22)23/h1-21H. The van der Waals surface area contributed by atoms with Crippen molar-refractivity contribution >= 4 is 53.9 Å². The molecule has 0 N–H and O–H groups in total. The van der Waals surface area contributed by atoms with E-state index in [0.717, 1.165) is 11.3 Å². The molecular formula is C35H21N. The van der Waals surface area contributed by atoms with Gasteiger partial charge in [0.1, 0.15) is 0 Å². The molecule has 0 radical (unpaired) electrons. The molecule has 0 fully saturated rings. The zero-order chi connectivity index (χ0) is 23.6. The molecule has 0 spiro atoms. The molecule has 0 saturated heterocycles. The summed E-state index contributed by atoms with van der Waals surface area (Å²) in [5, 5.41) is 12.9. The minimum atomic E-state index is 0.999. The van der Waals surface area contributed by atoms with E-state index in [0.29, 0.717) is 0 Å². The fraction of sp³-hybridized carbons (Fsp3) is 0. The first-order valence-electron chi connectivity index (χ1n) is 12.4. The number of fused-ring (bicyclic) bond motifs is 3. The first kappa shape index (κ1) is 19.5. The third-order valence-electron chi connectivity index (χ3n) is 7.65. The van der Waals surface area contributed by atoms with Gasteiger partial charge in [-0.05, 0) is 71.6 Å². The van der Waals surface area contributed by atoms with Crippen molar-refractivity contribution in [3.05, 3.63) is 128 Å². The van der Waals surface area contributed by atoms with Gasteiger partial charge in [-0.2, -0.15) is 0 Å².